The first-order chi connectivity index (χ1) is 15.1. The summed E-state index contributed by atoms with van der Waals surface area (Å²) in [6.07, 6.45) is 3.69. The van der Waals surface area contributed by atoms with Crippen molar-refractivity contribution in [1.29, 1.82) is 0 Å². The summed E-state index contributed by atoms with van der Waals surface area (Å²) in [4.78, 5) is 33.9. The summed E-state index contributed by atoms with van der Waals surface area (Å²) in [6, 6.07) is 13.2. The molecule has 2 aromatic heterocycles. The number of aromatic nitrogens is 4. The first-order valence-corrected chi connectivity index (χ1v) is 9.79. The number of H-pyrrole nitrogens is 2. The molecule has 0 saturated carbocycles. The van der Waals surface area contributed by atoms with E-state index >= 15 is 0 Å². The van der Waals surface area contributed by atoms with Gasteiger partial charge in [-0.1, -0.05) is 24.3 Å². The van der Waals surface area contributed by atoms with Crippen molar-refractivity contribution in [2.75, 3.05) is 14.2 Å². The molecule has 4 rings (SSSR count). The minimum Gasteiger partial charge on any atom is -0.497 e. The van der Waals surface area contributed by atoms with Crippen molar-refractivity contribution in [3.63, 3.8) is 0 Å². The maximum absolute atomic E-state index is 12.9. The van der Waals surface area contributed by atoms with Crippen molar-refractivity contribution in [1.82, 2.24) is 20.2 Å². The number of benzene rings is 2. The topological polar surface area (TPSA) is 110 Å². The van der Waals surface area contributed by atoms with Crippen molar-refractivity contribution >= 4 is 17.0 Å². The van der Waals surface area contributed by atoms with Crippen LogP contribution in [-0.2, 0) is 16.0 Å². The molecule has 0 spiro atoms. The van der Waals surface area contributed by atoms with Crippen LogP contribution in [0.4, 0.5) is 0 Å². The standard InChI is InChI=1S/C23H22N4O4/c1-30-15-8-6-14(7-9-15)12-19-21(23(29)27-26-19)17(13-20(28)31-2)16-4-3-5-18-22(16)25-11-10-24-18/h3-11,17H,12-13H2,1-2H3,(H2,26,27,29). The van der Waals surface area contributed by atoms with E-state index in [2.05, 4.69) is 20.2 Å². The highest BCUT2D eigenvalue weighted by Crippen LogP contribution is 2.32. The van der Waals surface area contributed by atoms with E-state index in [0.29, 0.717) is 28.7 Å². The molecule has 0 fully saturated rings. The number of ether oxygens (including phenoxy) is 2. The Hall–Kier alpha value is -3.94. The fourth-order valence-electron chi connectivity index (χ4n) is 3.77. The molecule has 0 aliphatic carbocycles. The van der Waals surface area contributed by atoms with Crippen LogP contribution in [0.5, 0.6) is 5.75 Å². The molecule has 2 N–H and O–H groups in total. The van der Waals surface area contributed by atoms with Crippen LogP contribution in [0.1, 0.15) is 34.7 Å². The average molecular weight is 418 g/mol. The van der Waals surface area contributed by atoms with Crippen molar-refractivity contribution in [2.24, 2.45) is 0 Å². The summed E-state index contributed by atoms with van der Waals surface area (Å²) in [5.41, 5.74) is 3.99. The molecule has 0 aliphatic heterocycles. The van der Waals surface area contributed by atoms with E-state index in [9.17, 15) is 9.59 Å². The van der Waals surface area contributed by atoms with Gasteiger partial charge in [0.2, 0.25) is 0 Å². The highest BCUT2D eigenvalue weighted by atomic mass is 16.5. The van der Waals surface area contributed by atoms with Crippen LogP contribution >= 0.6 is 0 Å². The number of carbonyl (C=O) groups excluding carboxylic acids is 1. The Balaban J connectivity index is 1.81. The zero-order chi connectivity index (χ0) is 21.8. The summed E-state index contributed by atoms with van der Waals surface area (Å²) in [5, 5.41) is 5.66. The number of rotatable bonds is 7. The van der Waals surface area contributed by atoms with Crippen molar-refractivity contribution in [3.8, 4) is 5.75 Å². The molecule has 158 valence electrons. The van der Waals surface area contributed by atoms with Crippen LogP contribution < -0.4 is 10.3 Å². The van der Waals surface area contributed by atoms with Gasteiger partial charge in [0.1, 0.15) is 5.75 Å². The molecule has 4 aromatic rings. The Morgan fingerprint density at radius 2 is 1.81 bits per heavy atom. The smallest absolute Gasteiger partial charge is 0.306 e. The normalized spacial score (nSPS) is 11.9. The molecule has 0 aliphatic rings. The van der Waals surface area contributed by atoms with E-state index in [0.717, 1.165) is 16.9 Å². The maximum atomic E-state index is 12.9. The molecule has 0 radical (unpaired) electrons. The number of nitrogens with one attached hydrogen (secondary N) is 2. The van der Waals surface area contributed by atoms with E-state index in [1.165, 1.54) is 7.11 Å². The predicted octanol–water partition coefficient (Wildman–Crippen LogP) is 2.94. The zero-order valence-electron chi connectivity index (χ0n) is 17.2. The molecule has 1 atom stereocenters. The van der Waals surface area contributed by atoms with E-state index in [4.69, 9.17) is 9.47 Å². The second kappa shape index (κ2) is 8.83. The number of esters is 1. The van der Waals surface area contributed by atoms with Crippen LogP contribution in [0.3, 0.4) is 0 Å². The fraction of sp³-hybridized carbons (Fsp3) is 0.217. The highest BCUT2D eigenvalue weighted by molar-refractivity contribution is 5.80. The number of fused-ring (bicyclic) bond motifs is 1. The van der Waals surface area contributed by atoms with Gasteiger partial charge in [0, 0.05) is 36.0 Å². The average Bonchev–Trinajstić information content (AvgIpc) is 3.17. The van der Waals surface area contributed by atoms with Crippen LogP contribution in [-0.4, -0.2) is 40.4 Å². The lowest BCUT2D eigenvalue weighted by atomic mass is 9.86. The molecule has 31 heavy (non-hydrogen) atoms. The zero-order valence-corrected chi connectivity index (χ0v) is 17.2. The summed E-state index contributed by atoms with van der Waals surface area (Å²) < 4.78 is 10.1. The highest BCUT2D eigenvalue weighted by Gasteiger charge is 2.27. The van der Waals surface area contributed by atoms with E-state index in [1.54, 1.807) is 19.5 Å². The summed E-state index contributed by atoms with van der Waals surface area (Å²) in [7, 11) is 2.95. The summed E-state index contributed by atoms with van der Waals surface area (Å²) in [6.45, 7) is 0. The van der Waals surface area contributed by atoms with Crippen LogP contribution in [0.25, 0.3) is 11.0 Å². The predicted molar refractivity (Wildman–Crippen MR) is 115 cm³/mol. The van der Waals surface area contributed by atoms with E-state index in [1.807, 2.05) is 42.5 Å². The molecule has 0 bridgehead atoms. The molecule has 0 amide bonds. The van der Waals surface area contributed by atoms with Crippen LogP contribution in [0, 0.1) is 0 Å². The Morgan fingerprint density at radius 1 is 1.03 bits per heavy atom. The minimum atomic E-state index is -0.545. The third-order valence-corrected chi connectivity index (χ3v) is 5.29. The summed E-state index contributed by atoms with van der Waals surface area (Å²) in [5.74, 6) is -0.206. The quantitative estimate of drug-likeness (QED) is 0.447. The molecule has 2 aromatic carbocycles. The van der Waals surface area contributed by atoms with E-state index in [-0.39, 0.29) is 12.0 Å². The number of hydrogen-bond acceptors (Lipinski definition) is 6. The molecule has 1 unspecified atom stereocenters. The van der Waals surface area contributed by atoms with Crippen LogP contribution in [0.2, 0.25) is 0 Å². The maximum Gasteiger partial charge on any atom is 0.306 e. The molecular weight excluding hydrogens is 396 g/mol. The SMILES string of the molecule is COC(=O)CC(c1c(Cc2ccc(OC)cc2)[nH][nH]c1=O)c1cccc2nccnc12. The Morgan fingerprint density at radius 3 is 2.55 bits per heavy atom. The largest absolute Gasteiger partial charge is 0.497 e. The number of para-hydroxylation sites is 1. The minimum absolute atomic E-state index is 0.00271. The number of methoxy groups -OCH3 is 2. The first-order valence-electron chi connectivity index (χ1n) is 9.79. The first kappa shape index (κ1) is 20.3. The van der Waals surface area contributed by atoms with Gasteiger partial charge < -0.3 is 14.6 Å². The molecule has 8 nitrogen and oxygen atoms in total. The number of aromatic amines is 2. The van der Waals surface area contributed by atoms with Gasteiger partial charge in [-0.3, -0.25) is 24.7 Å². The van der Waals surface area contributed by atoms with Gasteiger partial charge in [0.25, 0.3) is 5.56 Å². The fourth-order valence-corrected chi connectivity index (χ4v) is 3.77. The third-order valence-electron chi connectivity index (χ3n) is 5.29. The third kappa shape index (κ3) is 4.18. The number of nitrogens with zero attached hydrogens (tertiary/aromatic N) is 2. The monoisotopic (exact) mass is 418 g/mol. The van der Waals surface area contributed by atoms with Gasteiger partial charge in [-0.2, -0.15) is 0 Å². The molecule has 8 heteroatoms. The van der Waals surface area contributed by atoms with Gasteiger partial charge in [0.15, 0.2) is 0 Å². The van der Waals surface area contributed by atoms with Gasteiger partial charge in [0.05, 0.1) is 31.7 Å². The number of hydrogen-bond donors (Lipinski definition) is 2. The number of carbonyl (C=O) groups is 1. The summed E-state index contributed by atoms with van der Waals surface area (Å²) >= 11 is 0. The molecular formula is C23H22N4O4. The second-order valence-electron chi connectivity index (χ2n) is 7.10. The van der Waals surface area contributed by atoms with E-state index < -0.39 is 11.9 Å². The second-order valence-corrected chi connectivity index (χ2v) is 7.10. The van der Waals surface area contributed by atoms with Crippen molar-refractivity contribution < 1.29 is 14.3 Å². The van der Waals surface area contributed by atoms with Crippen LogP contribution in [0.15, 0.2) is 59.7 Å². The Labute approximate surface area is 178 Å². The van der Waals surface area contributed by atoms with Gasteiger partial charge >= 0.3 is 5.97 Å². The lowest BCUT2D eigenvalue weighted by molar-refractivity contribution is -0.140. The Kier molecular flexibility index (Phi) is 5.79. The lowest BCUT2D eigenvalue weighted by Crippen LogP contribution is -2.18. The van der Waals surface area contributed by atoms with Crippen molar-refractivity contribution in [2.45, 2.75) is 18.8 Å². The van der Waals surface area contributed by atoms with Crippen molar-refractivity contribution in [3.05, 3.63) is 87.6 Å². The van der Waals surface area contributed by atoms with Gasteiger partial charge in [-0.15, -0.1) is 0 Å². The molecule has 2 heterocycles. The van der Waals surface area contributed by atoms with Gasteiger partial charge in [-0.25, -0.2) is 0 Å². The Bertz CT molecular complexity index is 1260. The van der Waals surface area contributed by atoms with Gasteiger partial charge in [-0.05, 0) is 29.3 Å². The lowest BCUT2D eigenvalue weighted by Gasteiger charge is -2.17. The molecule has 0 saturated heterocycles.